The van der Waals surface area contributed by atoms with Crippen LogP contribution in [0.15, 0.2) is 47.1 Å². The van der Waals surface area contributed by atoms with Crippen molar-refractivity contribution >= 4 is 46.4 Å². The van der Waals surface area contributed by atoms with Crippen molar-refractivity contribution in [1.29, 1.82) is 0 Å². The van der Waals surface area contributed by atoms with Crippen molar-refractivity contribution in [3.8, 4) is 16.9 Å². The van der Waals surface area contributed by atoms with Crippen molar-refractivity contribution in [1.82, 2.24) is 35.5 Å². The zero-order valence-electron chi connectivity index (χ0n) is 41.1. The average Bonchev–Trinajstić information content (AvgIpc) is 4.04. The van der Waals surface area contributed by atoms with Gasteiger partial charge >= 0.3 is 5.97 Å². The highest BCUT2D eigenvalue weighted by Gasteiger charge is 2.50. The number of aromatic nitrogens is 1. The number of amides is 3. The molecule has 4 N–H and O–H groups in total. The summed E-state index contributed by atoms with van der Waals surface area (Å²) in [6, 6.07) is 7.44. The Balaban J connectivity index is 1.18. The van der Waals surface area contributed by atoms with Gasteiger partial charge in [0, 0.05) is 74.2 Å². The largest absolute Gasteiger partial charge is 0.508 e. The van der Waals surface area contributed by atoms with Crippen molar-refractivity contribution in [3.63, 3.8) is 0 Å². The molecule has 0 aliphatic carbocycles. The van der Waals surface area contributed by atoms with Crippen LogP contribution in [0.4, 0.5) is 0 Å². The van der Waals surface area contributed by atoms with Crippen LogP contribution in [0.1, 0.15) is 97.4 Å². The topological polar surface area (TPSA) is 200 Å². The van der Waals surface area contributed by atoms with E-state index < -0.39 is 47.4 Å². The highest BCUT2D eigenvalue weighted by molar-refractivity contribution is 5.95. The molecule has 17 heteroatoms. The summed E-state index contributed by atoms with van der Waals surface area (Å²) in [6.45, 7) is 16.1. The van der Waals surface area contributed by atoms with Gasteiger partial charge in [0.05, 0.1) is 48.1 Å². The molecule has 6 bridgehead atoms. The lowest BCUT2D eigenvalue weighted by Gasteiger charge is -2.36. The quantitative estimate of drug-likeness (QED) is 0.0883. The molecule has 8 rings (SSSR count). The fourth-order valence-electron chi connectivity index (χ4n) is 10.8. The molecule has 3 fully saturated rings. The number of hydrogen-bond donors (Lipinski definition) is 4. The highest BCUT2D eigenvalue weighted by Crippen LogP contribution is 2.42. The van der Waals surface area contributed by atoms with Gasteiger partial charge in [0.25, 0.3) is 11.9 Å². The van der Waals surface area contributed by atoms with Crippen LogP contribution in [0.5, 0.6) is 5.75 Å². The number of carbonyl (C=O) groups is 4. The second-order valence-electron chi connectivity index (χ2n) is 20.5. The Hall–Kier alpha value is -5.65. The van der Waals surface area contributed by atoms with E-state index in [9.17, 15) is 29.2 Å². The first-order valence-corrected chi connectivity index (χ1v) is 24.5. The summed E-state index contributed by atoms with van der Waals surface area (Å²) < 4.78 is 14.3. The molecule has 5 aliphatic heterocycles. The number of allylic oxidation sites excluding steroid dienone is 1. The maximum absolute atomic E-state index is 14.8. The first-order valence-electron chi connectivity index (χ1n) is 24.5. The van der Waals surface area contributed by atoms with Crippen molar-refractivity contribution in [2.45, 2.75) is 142 Å². The molecule has 3 amide bonds. The van der Waals surface area contributed by atoms with E-state index in [-0.39, 0.29) is 55.3 Å². The molecule has 0 spiro atoms. The molecule has 17 nitrogen and oxygen atoms in total. The molecule has 366 valence electrons. The van der Waals surface area contributed by atoms with E-state index >= 15 is 0 Å². The number of nitrogens with zero attached hydrogens (tertiary/aromatic N) is 6. The van der Waals surface area contributed by atoms with Crippen LogP contribution in [0.2, 0.25) is 0 Å². The average molecular weight is 937 g/mol. The minimum absolute atomic E-state index is 0.00233. The molecule has 6 heterocycles. The molecular weight excluding hydrogens is 867 g/mol. The summed E-state index contributed by atoms with van der Waals surface area (Å²) in [6.07, 6.45) is 5.28. The van der Waals surface area contributed by atoms with E-state index in [1.807, 2.05) is 46.0 Å². The maximum Gasteiger partial charge on any atom is 0.324 e. The minimum atomic E-state index is -1.16. The predicted octanol–water partition coefficient (Wildman–Crippen LogP) is 4.90. The van der Waals surface area contributed by atoms with Crippen LogP contribution < -0.4 is 16.1 Å². The molecule has 1 aromatic heterocycles. The number of aryl methyl sites for hydroxylation is 1. The molecule has 7 atom stereocenters. The van der Waals surface area contributed by atoms with Crippen molar-refractivity contribution < 1.29 is 38.6 Å². The highest BCUT2D eigenvalue weighted by atomic mass is 16.5. The first-order chi connectivity index (χ1) is 32.4. The number of likely N-dealkylation sites (N-methyl/N-ethyl adjacent to an activating group) is 1. The van der Waals surface area contributed by atoms with Crippen LogP contribution in [0, 0.1) is 16.2 Å². The number of likely N-dealkylation sites (tertiary alicyclic amines) is 1. The van der Waals surface area contributed by atoms with Crippen LogP contribution in [-0.2, 0) is 48.0 Å². The number of phenolic OH excluding ortho intramolecular Hbond substituents is 1. The van der Waals surface area contributed by atoms with Gasteiger partial charge in [-0.25, -0.2) is 5.43 Å². The van der Waals surface area contributed by atoms with Crippen molar-refractivity contribution in [2.75, 3.05) is 40.4 Å². The fraction of sp³-hybridized carbons (Fsp3) is 0.588. The summed E-state index contributed by atoms with van der Waals surface area (Å²) in [4.78, 5) is 77.9. The third kappa shape index (κ3) is 9.79. The monoisotopic (exact) mass is 937 g/mol. The number of aliphatic imine (C=N–C) groups is 1. The smallest absolute Gasteiger partial charge is 0.324 e. The zero-order valence-corrected chi connectivity index (χ0v) is 41.1. The molecule has 68 heavy (non-hydrogen) atoms. The number of phenols is 1. The van der Waals surface area contributed by atoms with Gasteiger partial charge in [-0.3, -0.25) is 29.2 Å². The van der Waals surface area contributed by atoms with Gasteiger partial charge in [-0.2, -0.15) is 0 Å². The standard InChI is InChI=1S/C51H69N9O8/c1-10-57-43-16-15-33-25-37(43)38(46(57)36-13-11-18-52-44(36)31(5)67-9)26-51(6,7)28-68-50(65)39-14-12-19-59(55-39)49(64)40(23-32-21-34(33)24-35(61)22-32)54-47(62)45(29(2)3)56(8)60(66)42-17-20-58(30(42)4)48(63)41-27-53-41/h15-16,18,21-22,24-25,29-31,39-42,45,53,55H,10-14,17,19-20,23,26-28H2,1-9H3,(H-,54,61,62)/p+1/t30-,31-,39-,40-,41+,42-,45-/m0/s1. The third-order valence-corrected chi connectivity index (χ3v) is 14.5. The summed E-state index contributed by atoms with van der Waals surface area (Å²) in [7, 11) is 3.27. The number of benzene rings is 2. The molecule has 0 unspecified atom stereocenters. The lowest BCUT2D eigenvalue weighted by molar-refractivity contribution is -0.735. The van der Waals surface area contributed by atoms with Crippen LogP contribution in [0.25, 0.3) is 27.6 Å². The van der Waals surface area contributed by atoms with E-state index in [1.165, 1.54) is 10.0 Å². The molecule has 0 radical (unpaired) electrons. The van der Waals surface area contributed by atoms with Crippen molar-refractivity contribution in [2.24, 2.45) is 16.3 Å². The summed E-state index contributed by atoms with van der Waals surface area (Å²) in [5.74, 6) is -1.86. The predicted molar refractivity (Wildman–Crippen MR) is 259 cm³/mol. The Bertz CT molecular complexity index is 2530. The second-order valence-corrected chi connectivity index (χ2v) is 20.5. The number of carbonyl (C=O) groups excluding carboxylic acids is 4. The lowest BCUT2D eigenvalue weighted by atomic mass is 9.83. The van der Waals surface area contributed by atoms with Crippen LogP contribution in [-0.4, -0.2) is 142 Å². The third-order valence-electron chi connectivity index (χ3n) is 14.5. The van der Waals surface area contributed by atoms with E-state index in [2.05, 4.69) is 53.5 Å². The SMILES string of the molecule is CCn1c(C2=C([C@H](C)OC)N=CCC2)c2c3cc(ccc31)-c1cc(O)cc(c1)C[C@H](NC(=O)[C@H](C(C)C)N(C)[N+](=O)[C@H]1CCN(C(=O)[C@H]3CN3)[C@H]1C)C(=O)N1CCC[C@H](N1)C(=O)OCC(C)(C)C2. The van der Waals surface area contributed by atoms with E-state index in [0.29, 0.717) is 50.9 Å². The summed E-state index contributed by atoms with van der Waals surface area (Å²) in [5, 5.41) is 21.2. The number of nitroso groups, excluding NO2 is 1. The van der Waals surface area contributed by atoms with Gasteiger partial charge in [0.15, 0.2) is 6.04 Å². The van der Waals surface area contributed by atoms with Gasteiger partial charge in [-0.05, 0) is 105 Å². The number of hydrazine groups is 2. The number of rotatable bonds is 11. The second kappa shape index (κ2) is 19.8. The molecular formula is C51H70N9O8+. The van der Waals surface area contributed by atoms with Crippen LogP contribution >= 0.6 is 0 Å². The fourth-order valence-corrected chi connectivity index (χ4v) is 10.8. The Labute approximate surface area is 399 Å². The summed E-state index contributed by atoms with van der Waals surface area (Å²) in [5.41, 5.74) is 10.1. The van der Waals surface area contributed by atoms with Gasteiger partial charge in [0.2, 0.25) is 11.8 Å². The normalized spacial score (nSPS) is 25.0. The van der Waals surface area contributed by atoms with E-state index in [4.69, 9.17) is 14.5 Å². The molecule has 3 saturated heterocycles. The lowest BCUT2D eigenvalue weighted by Crippen LogP contribution is -2.62. The number of methoxy groups -OCH3 is 1. The van der Waals surface area contributed by atoms with Crippen LogP contribution in [0.3, 0.4) is 0 Å². The number of nitrogens with one attached hydrogen (secondary N) is 3. The number of fused-ring (bicyclic) bond motifs is 6. The van der Waals surface area contributed by atoms with Gasteiger partial charge in [0.1, 0.15) is 22.7 Å². The van der Waals surface area contributed by atoms with E-state index in [0.717, 1.165) is 62.3 Å². The molecule has 3 aromatic rings. The van der Waals surface area contributed by atoms with Gasteiger partial charge in [-0.1, -0.05) is 39.8 Å². The molecule has 2 aromatic carbocycles. The number of ether oxygens (including phenoxy) is 2. The molecule has 0 saturated carbocycles. The number of aromatic hydroxyl groups is 1. The Morgan fingerprint density at radius 1 is 1.10 bits per heavy atom. The Morgan fingerprint density at radius 3 is 2.57 bits per heavy atom. The molecule has 5 aliphatic rings. The van der Waals surface area contributed by atoms with Gasteiger partial charge in [-0.15, -0.1) is 5.01 Å². The van der Waals surface area contributed by atoms with E-state index in [1.54, 1.807) is 31.2 Å². The van der Waals surface area contributed by atoms with Gasteiger partial charge < -0.3 is 34.7 Å². The maximum atomic E-state index is 14.8. The Morgan fingerprint density at radius 2 is 1.87 bits per heavy atom. The Kier molecular flexibility index (Phi) is 14.2. The minimum Gasteiger partial charge on any atom is -0.508 e. The number of cyclic esters (lactones) is 1. The number of hydrogen-bond acceptors (Lipinski definition) is 11. The zero-order chi connectivity index (χ0) is 48.8. The van der Waals surface area contributed by atoms with Crippen molar-refractivity contribution in [3.05, 3.63) is 63.8 Å². The number of esters is 1. The summed E-state index contributed by atoms with van der Waals surface area (Å²) >= 11 is 0. The first kappa shape index (κ1) is 48.8.